The Hall–Kier alpha value is -6.95. The van der Waals surface area contributed by atoms with Crippen molar-refractivity contribution >= 4 is 23.5 Å². The first-order valence-electron chi connectivity index (χ1n) is 21.3. The molecular weight excluding hydrogens is 819 g/mol. The Morgan fingerprint density at radius 1 is 0.672 bits per heavy atom. The predicted octanol–water partition coefficient (Wildman–Crippen LogP) is 12.9. The number of anilines is 1. The number of aromatic nitrogens is 1. The van der Waals surface area contributed by atoms with Crippen LogP contribution in [-0.4, -0.2) is 28.0 Å². The average molecular weight is 866 g/mol. The van der Waals surface area contributed by atoms with Gasteiger partial charge in [-0.3, -0.25) is 0 Å². The van der Waals surface area contributed by atoms with Gasteiger partial charge < -0.3 is 34.4 Å². The van der Waals surface area contributed by atoms with Crippen LogP contribution in [0.1, 0.15) is 41.6 Å². The van der Waals surface area contributed by atoms with Crippen molar-refractivity contribution in [2.75, 3.05) is 11.1 Å². The summed E-state index contributed by atoms with van der Waals surface area (Å²) in [6.07, 6.45) is -1.15. The van der Waals surface area contributed by atoms with Crippen molar-refractivity contribution in [1.29, 1.82) is 0 Å². The lowest BCUT2D eigenvalue weighted by atomic mass is 9.91. The molecule has 1 saturated heterocycles. The van der Waals surface area contributed by atoms with Gasteiger partial charge in [-0.25, -0.2) is 9.78 Å². The van der Waals surface area contributed by atoms with Crippen LogP contribution in [0.4, 0.5) is 10.5 Å². The van der Waals surface area contributed by atoms with Crippen molar-refractivity contribution in [3.05, 3.63) is 210 Å². The van der Waals surface area contributed by atoms with Crippen LogP contribution in [0.3, 0.4) is 0 Å². The number of benzene rings is 7. The number of aliphatic hydroxyl groups excluding tert-OH is 1. The smallest absolute Gasteiger partial charge is 0.319 e. The van der Waals surface area contributed by atoms with E-state index in [1.165, 1.54) is 11.8 Å². The van der Waals surface area contributed by atoms with Crippen molar-refractivity contribution < 1.29 is 28.5 Å². The molecule has 2 heterocycles. The van der Waals surface area contributed by atoms with Gasteiger partial charge in [0.1, 0.15) is 17.2 Å². The fourth-order valence-corrected chi connectivity index (χ4v) is 8.75. The maximum Gasteiger partial charge on any atom is 0.319 e. The lowest BCUT2D eigenvalue weighted by Gasteiger charge is -2.41. The number of carbonyl (C=O) groups excluding carboxylic acids is 1. The van der Waals surface area contributed by atoms with Gasteiger partial charge in [0, 0.05) is 40.6 Å². The van der Waals surface area contributed by atoms with Crippen molar-refractivity contribution in [1.82, 2.24) is 10.3 Å². The lowest BCUT2D eigenvalue weighted by Crippen LogP contribution is -2.38. The summed E-state index contributed by atoms with van der Waals surface area (Å²) in [5, 5.41) is 16.2. The quantitative estimate of drug-likeness (QED) is 0.0926. The molecule has 0 aliphatic carbocycles. The number of carbonyl (C=O) groups is 1. The zero-order valence-electron chi connectivity index (χ0n) is 35.2. The first kappa shape index (κ1) is 42.4. The highest BCUT2D eigenvalue weighted by Crippen LogP contribution is 2.44. The van der Waals surface area contributed by atoms with Gasteiger partial charge in [-0.1, -0.05) is 170 Å². The van der Waals surface area contributed by atoms with E-state index in [-0.39, 0.29) is 30.8 Å². The highest BCUT2D eigenvalue weighted by atomic mass is 32.2. The normalized spacial score (nSPS) is 17.1. The summed E-state index contributed by atoms with van der Waals surface area (Å²) in [6, 6.07) is 60.8. The second kappa shape index (κ2) is 20.0. The summed E-state index contributed by atoms with van der Waals surface area (Å²) in [6.45, 7) is 2.45. The van der Waals surface area contributed by atoms with Crippen molar-refractivity contribution in [2.45, 2.75) is 43.8 Å². The Balaban J connectivity index is 0.895. The summed E-state index contributed by atoms with van der Waals surface area (Å²) in [7, 11) is 0. The van der Waals surface area contributed by atoms with Crippen LogP contribution < -0.4 is 15.4 Å². The number of aliphatic hydroxyl groups is 1. The van der Waals surface area contributed by atoms with Crippen LogP contribution in [0.15, 0.2) is 198 Å². The number of hydrogen-bond donors (Lipinski definition) is 3. The molecule has 1 aliphatic heterocycles. The van der Waals surface area contributed by atoms with Gasteiger partial charge in [0.05, 0.1) is 18.8 Å². The number of ether oxygens (including phenoxy) is 3. The van der Waals surface area contributed by atoms with E-state index < -0.39 is 6.29 Å². The summed E-state index contributed by atoms with van der Waals surface area (Å²) in [5.74, 6) is 2.71. The number of nitrogens with one attached hydrogen (secondary N) is 2. The van der Waals surface area contributed by atoms with E-state index in [4.69, 9.17) is 23.6 Å². The van der Waals surface area contributed by atoms with Crippen molar-refractivity contribution in [3.63, 3.8) is 0 Å². The van der Waals surface area contributed by atoms with Crippen molar-refractivity contribution in [2.24, 2.45) is 5.92 Å². The molecule has 9 rings (SSSR count). The molecule has 8 aromatic rings. The number of rotatable bonds is 14. The lowest BCUT2D eigenvalue weighted by molar-refractivity contribution is -0.268. The number of thioether (sulfide) groups is 1. The number of para-hydroxylation sites is 1. The minimum absolute atomic E-state index is 0.0234. The van der Waals surface area contributed by atoms with Crippen LogP contribution in [0.5, 0.6) is 11.5 Å². The third-order valence-electron chi connectivity index (χ3n) is 11.2. The van der Waals surface area contributed by atoms with Crippen LogP contribution >= 0.6 is 11.8 Å². The first-order chi connectivity index (χ1) is 31.5. The van der Waals surface area contributed by atoms with E-state index in [0.717, 1.165) is 61.7 Å². The highest BCUT2D eigenvalue weighted by molar-refractivity contribution is 7.99. The van der Waals surface area contributed by atoms with Crippen LogP contribution in [0.2, 0.25) is 0 Å². The van der Waals surface area contributed by atoms with E-state index in [1.54, 1.807) is 0 Å². The molecule has 1 aliphatic rings. The second-order valence-corrected chi connectivity index (χ2v) is 16.5. The molecule has 3 N–H and O–H groups in total. The highest BCUT2D eigenvalue weighted by Gasteiger charge is 2.39. The third-order valence-corrected chi connectivity index (χ3v) is 12.1. The van der Waals surface area contributed by atoms with Crippen LogP contribution in [-0.2, 0) is 22.6 Å². The molecule has 10 heteroatoms. The first-order valence-corrected chi connectivity index (χ1v) is 22.3. The van der Waals surface area contributed by atoms with E-state index >= 15 is 0 Å². The van der Waals surface area contributed by atoms with Gasteiger partial charge in [-0.05, 0) is 64.2 Å². The minimum atomic E-state index is -0.651. The number of amides is 2. The van der Waals surface area contributed by atoms with Gasteiger partial charge in [0.25, 0.3) is 5.22 Å². The Bertz CT molecular complexity index is 2690. The topological polar surface area (TPSA) is 115 Å². The van der Waals surface area contributed by atoms with Gasteiger partial charge in [-0.15, -0.1) is 0 Å². The number of nitrogens with zero attached hydrogens (tertiary/aromatic N) is 1. The molecule has 2 amide bonds. The SMILES string of the molecule is C[C@H]1[C@@H](CSc2nc(-c3ccccc3)c(-c3ccccc3)o2)O[C@@H](c2ccc(-c3ccccc3CNC(=O)Nc3ccc(Oc4ccccc4)cc3)cc2)O[C@H]1c1ccc(CO)cc1. The van der Waals surface area contributed by atoms with Crippen LogP contribution in [0, 0.1) is 5.92 Å². The summed E-state index contributed by atoms with van der Waals surface area (Å²) in [5.41, 5.74) is 9.10. The summed E-state index contributed by atoms with van der Waals surface area (Å²) >= 11 is 1.53. The van der Waals surface area contributed by atoms with Gasteiger partial charge >= 0.3 is 6.03 Å². The van der Waals surface area contributed by atoms with Gasteiger partial charge in [0.2, 0.25) is 0 Å². The molecule has 4 atom stereocenters. The number of oxazole rings is 1. The standard InChI is InChI=1S/C54H47N3O6S/c1-36-48(35-64-54-57-49(39-13-5-2-6-14-39)51(63-54)40-15-7-3-8-16-40)61-52(62-50(36)41-23-21-37(34-58)22-24-41)42-27-25-38(26-28-42)47-20-12-11-17-43(47)33-55-53(59)56-44-29-31-46(32-30-44)60-45-18-9-4-10-19-45/h2-32,36,48,50,52,58H,33-35H2,1H3,(H2,55,56,59)/t36-,48+,50+,52+/m0/s1. The Labute approximate surface area is 377 Å². The van der Waals surface area contributed by atoms with E-state index in [9.17, 15) is 9.90 Å². The third kappa shape index (κ3) is 10.1. The summed E-state index contributed by atoms with van der Waals surface area (Å²) in [4.78, 5) is 18.0. The van der Waals surface area contributed by atoms with Crippen LogP contribution in [0.25, 0.3) is 33.7 Å². The zero-order chi connectivity index (χ0) is 43.7. The number of urea groups is 1. The molecule has 1 fully saturated rings. The zero-order valence-corrected chi connectivity index (χ0v) is 36.0. The molecule has 0 saturated carbocycles. The van der Waals surface area contributed by atoms with Gasteiger partial charge in [0.15, 0.2) is 12.1 Å². The maximum absolute atomic E-state index is 13.0. The molecule has 7 aromatic carbocycles. The number of hydrogen-bond acceptors (Lipinski definition) is 8. The molecule has 64 heavy (non-hydrogen) atoms. The van der Waals surface area contributed by atoms with E-state index in [2.05, 4.69) is 35.8 Å². The molecule has 320 valence electrons. The molecule has 1 aromatic heterocycles. The molecule has 0 spiro atoms. The second-order valence-electron chi connectivity index (χ2n) is 15.5. The molecule has 9 nitrogen and oxygen atoms in total. The average Bonchev–Trinajstić information content (AvgIpc) is 3.79. The molecule has 0 unspecified atom stereocenters. The molecular formula is C54H47N3O6S. The monoisotopic (exact) mass is 865 g/mol. The fraction of sp³-hybridized carbons (Fsp3) is 0.148. The Morgan fingerprint density at radius 3 is 2.00 bits per heavy atom. The van der Waals surface area contributed by atoms with Gasteiger partial charge in [-0.2, -0.15) is 0 Å². The minimum Gasteiger partial charge on any atom is -0.457 e. The Kier molecular flexibility index (Phi) is 13.3. The predicted molar refractivity (Wildman–Crippen MR) is 252 cm³/mol. The fourth-order valence-electron chi connectivity index (χ4n) is 7.76. The van der Waals surface area contributed by atoms with Crippen molar-refractivity contribution in [3.8, 4) is 45.2 Å². The molecule has 0 bridgehead atoms. The largest absolute Gasteiger partial charge is 0.457 e. The summed E-state index contributed by atoms with van der Waals surface area (Å²) < 4.78 is 26.0. The van der Waals surface area contributed by atoms with E-state index in [1.807, 2.05) is 170 Å². The Morgan fingerprint density at radius 2 is 1.30 bits per heavy atom. The van der Waals surface area contributed by atoms with E-state index in [0.29, 0.717) is 29.0 Å². The molecule has 0 radical (unpaired) electrons. The maximum atomic E-state index is 13.0.